The van der Waals surface area contributed by atoms with E-state index in [9.17, 15) is 23.1 Å². The molecule has 0 bridgehead atoms. The summed E-state index contributed by atoms with van der Waals surface area (Å²) in [6, 6.07) is 13.3. The summed E-state index contributed by atoms with van der Waals surface area (Å²) in [5.41, 5.74) is 0.190. The van der Waals surface area contributed by atoms with Gasteiger partial charge in [-0.1, -0.05) is 42.5 Å². The Balaban J connectivity index is 2.43. The van der Waals surface area contributed by atoms with Gasteiger partial charge in [-0.2, -0.15) is 13.2 Å². The number of benzene rings is 2. The molecule has 0 unspecified atom stereocenters. The minimum atomic E-state index is -4.82. The third-order valence-electron chi connectivity index (χ3n) is 4.30. The number of aromatic nitrogens is 1. The Labute approximate surface area is 148 Å². The molecule has 3 rings (SSSR count). The van der Waals surface area contributed by atoms with E-state index in [0.29, 0.717) is 22.4 Å². The van der Waals surface area contributed by atoms with Crippen LogP contribution in [0.4, 0.5) is 13.2 Å². The topological polar surface area (TPSA) is 42.2 Å². The van der Waals surface area contributed by atoms with Gasteiger partial charge in [0.25, 0.3) is 0 Å². The Morgan fingerprint density at radius 2 is 1.50 bits per heavy atom. The summed E-state index contributed by atoms with van der Waals surface area (Å²) in [5, 5.41) is 9.58. The zero-order chi connectivity index (χ0) is 19.1. The summed E-state index contributed by atoms with van der Waals surface area (Å²) in [4.78, 5) is 11.8. The second-order valence-electron chi connectivity index (χ2n) is 6.04. The van der Waals surface area contributed by atoms with Crippen molar-refractivity contribution in [2.45, 2.75) is 20.0 Å². The van der Waals surface area contributed by atoms with Gasteiger partial charge in [-0.05, 0) is 36.6 Å². The fraction of sp³-hybridized carbons (Fsp3) is 0.150. The van der Waals surface area contributed by atoms with Crippen molar-refractivity contribution in [1.82, 2.24) is 4.57 Å². The van der Waals surface area contributed by atoms with E-state index in [0.717, 1.165) is 4.57 Å². The number of carboxylic acid groups (broad SMARTS) is 1. The minimum Gasteiger partial charge on any atom is -0.478 e. The molecule has 134 valence electrons. The fourth-order valence-corrected chi connectivity index (χ4v) is 3.10. The lowest BCUT2D eigenvalue weighted by atomic mass is 9.98. The highest BCUT2D eigenvalue weighted by atomic mass is 19.4. The number of aryl methyl sites for hydroxylation is 2. The number of para-hydroxylation sites is 1. The third-order valence-corrected chi connectivity index (χ3v) is 4.30. The Hall–Kier alpha value is -3.02. The molecule has 0 aliphatic heterocycles. The lowest BCUT2D eigenvalue weighted by Crippen LogP contribution is -2.17. The van der Waals surface area contributed by atoms with Gasteiger partial charge in [0.1, 0.15) is 5.69 Å². The minimum absolute atomic E-state index is 0.0474. The van der Waals surface area contributed by atoms with Gasteiger partial charge in [0.05, 0.1) is 5.56 Å². The normalized spacial score (nSPS) is 11.6. The number of carbonyl (C=O) groups is 1. The molecule has 0 radical (unpaired) electrons. The molecule has 0 aliphatic carbocycles. The van der Waals surface area contributed by atoms with E-state index in [1.54, 1.807) is 56.3 Å². The van der Waals surface area contributed by atoms with Crippen molar-refractivity contribution < 1.29 is 23.1 Å². The molecule has 6 heteroatoms. The molecular formula is C20H16F3NO2. The van der Waals surface area contributed by atoms with Crippen molar-refractivity contribution in [3.05, 3.63) is 77.1 Å². The molecule has 1 heterocycles. The van der Waals surface area contributed by atoms with E-state index in [-0.39, 0.29) is 5.56 Å². The summed E-state index contributed by atoms with van der Waals surface area (Å²) in [6.45, 7) is 3.42. The predicted octanol–water partition coefficient (Wildman–Crippen LogP) is 5.48. The zero-order valence-corrected chi connectivity index (χ0v) is 14.1. The van der Waals surface area contributed by atoms with E-state index < -0.39 is 23.4 Å². The van der Waals surface area contributed by atoms with Crippen LogP contribution in [-0.4, -0.2) is 15.6 Å². The van der Waals surface area contributed by atoms with Gasteiger partial charge < -0.3 is 9.67 Å². The van der Waals surface area contributed by atoms with Crippen molar-refractivity contribution in [2.24, 2.45) is 0 Å². The Morgan fingerprint density at radius 1 is 0.923 bits per heavy atom. The second kappa shape index (κ2) is 6.37. The molecule has 2 aromatic carbocycles. The van der Waals surface area contributed by atoms with Crippen LogP contribution in [0.15, 0.2) is 54.7 Å². The van der Waals surface area contributed by atoms with Gasteiger partial charge >= 0.3 is 12.1 Å². The molecule has 26 heavy (non-hydrogen) atoms. The summed E-state index contributed by atoms with van der Waals surface area (Å²) in [6.07, 6.45) is -3.56. The predicted molar refractivity (Wildman–Crippen MR) is 92.6 cm³/mol. The van der Waals surface area contributed by atoms with Crippen LogP contribution in [0, 0.1) is 13.8 Å². The zero-order valence-electron chi connectivity index (χ0n) is 14.1. The van der Waals surface area contributed by atoms with Crippen molar-refractivity contribution in [1.29, 1.82) is 0 Å². The molecule has 0 saturated carbocycles. The Bertz CT molecular complexity index is 987. The van der Waals surface area contributed by atoms with E-state index in [1.165, 1.54) is 12.3 Å². The molecule has 0 amide bonds. The molecule has 3 nitrogen and oxygen atoms in total. The van der Waals surface area contributed by atoms with Crippen molar-refractivity contribution in [2.75, 3.05) is 0 Å². The summed E-state index contributed by atoms with van der Waals surface area (Å²) < 4.78 is 42.4. The first kappa shape index (κ1) is 17.8. The largest absolute Gasteiger partial charge is 0.478 e. The lowest BCUT2D eigenvalue weighted by Gasteiger charge is -2.14. The number of nitrogens with zero attached hydrogens (tertiary/aromatic N) is 1. The third kappa shape index (κ3) is 2.98. The molecule has 1 aromatic heterocycles. The maximum absolute atomic E-state index is 13.8. The number of alkyl halides is 3. The molecule has 0 aliphatic rings. The number of halogens is 3. The first-order valence-electron chi connectivity index (χ1n) is 7.89. The van der Waals surface area contributed by atoms with E-state index in [2.05, 4.69) is 0 Å². The standard InChI is InChI=1S/C20H16F3NO2/c1-12-7-3-5-9-14(12)15-11-24(16-10-6-4-8-13(16)2)18(20(21,22)23)17(15)19(25)26/h3-11H,1-2H3,(H,25,26). The molecular weight excluding hydrogens is 343 g/mol. The lowest BCUT2D eigenvalue weighted by molar-refractivity contribution is -0.142. The van der Waals surface area contributed by atoms with Gasteiger partial charge in [0.15, 0.2) is 0 Å². The van der Waals surface area contributed by atoms with Crippen LogP contribution in [0.1, 0.15) is 27.2 Å². The molecule has 0 spiro atoms. The van der Waals surface area contributed by atoms with Crippen LogP contribution in [0.5, 0.6) is 0 Å². The van der Waals surface area contributed by atoms with Gasteiger partial charge in [0, 0.05) is 17.4 Å². The summed E-state index contributed by atoms with van der Waals surface area (Å²) in [5.74, 6) is -1.61. The average Bonchev–Trinajstić information content (AvgIpc) is 2.96. The SMILES string of the molecule is Cc1ccccc1-c1cn(-c2ccccc2C)c(C(F)(F)F)c1C(=O)O. The highest BCUT2D eigenvalue weighted by Gasteiger charge is 2.42. The smallest absolute Gasteiger partial charge is 0.432 e. The molecule has 0 atom stereocenters. The van der Waals surface area contributed by atoms with Gasteiger partial charge in [-0.3, -0.25) is 0 Å². The van der Waals surface area contributed by atoms with Crippen LogP contribution in [0.3, 0.4) is 0 Å². The van der Waals surface area contributed by atoms with Gasteiger partial charge in [0.2, 0.25) is 0 Å². The maximum Gasteiger partial charge on any atom is 0.432 e. The number of rotatable bonds is 3. The number of hydrogen-bond acceptors (Lipinski definition) is 1. The number of aromatic carboxylic acids is 1. The van der Waals surface area contributed by atoms with E-state index >= 15 is 0 Å². The van der Waals surface area contributed by atoms with Crippen molar-refractivity contribution in [3.63, 3.8) is 0 Å². The maximum atomic E-state index is 13.8. The van der Waals surface area contributed by atoms with E-state index in [1.807, 2.05) is 0 Å². The molecule has 3 aromatic rings. The highest BCUT2D eigenvalue weighted by molar-refractivity contribution is 5.98. The first-order chi connectivity index (χ1) is 12.2. The molecule has 0 fully saturated rings. The first-order valence-corrected chi connectivity index (χ1v) is 7.89. The van der Waals surface area contributed by atoms with Crippen LogP contribution in [0.2, 0.25) is 0 Å². The van der Waals surface area contributed by atoms with Crippen molar-refractivity contribution in [3.8, 4) is 16.8 Å². The van der Waals surface area contributed by atoms with Crippen molar-refractivity contribution >= 4 is 5.97 Å². The fourth-order valence-electron chi connectivity index (χ4n) is 3.10. The van der Waals surface area contributed by atoms with Crippen LogP contribution in [-0.2, 0) is 6.18 Å². The van der Waals surface area contributed by atoms with Gasteiger partial charge in [-0.25, -0.2) is 4.79 Å². The van der Waals surface area contributed by atoms with E-state index in [4.69, 9.17) is 0 Å². The van der Waals surface area contributed by atoms with Crippen LogP contribution < -0.4 is 0 Å². The van der Waals surface area contributed by atoms with Gasteiger partial charge in [-0.15, -0.1) is 0 Å². The van der Waals surface area contributed by atoms with Crippen LogP contribution in [0.25, 0.3) is 16.8 Å². The van der Waals surface area contributed by atoms with Crippen LogP contribution >= 0.6 is 0 Å². The quantitative estimate of drug-likeness (QED) is 0.673. The summed E-state index contributed by atoms with van der Waals surface area (Å²) in [7, 11) is 0. The monoisotopic (exact) mass is 359 g/mol. The highest BCUT2D eigenvalue weighted by Crippen LogP contribution is 2.41. The summed E-state index contributed by atoms with van der Waals surface area (Å²) >= 11 is 0. The Morgan fingerprint density at radius 3 is 2.04 bits per heavy atom. The molecule has 0 saturated heterocycles. The molecule has 1 N–H and O–H groups in total. The average molecular weight is 359 g/mol. The number of hydrogen-bond donors (Lipinski definition) is 1. The Kier molecular flexibility index (Phi) is 4.36. The second-order valence-corrected chi connectivity index (χ2v) is 6.04. The number of carboxylic acids is 1.